The fraction of sp³-hybridized carbons (Fsp3) is 1.00. The number of hydrogen-bond donors (Lipinski definition) is 0. The zero-order chi connectivity index (χ0) is 13.7. The van der Waals surface area contributed by atoms with Gasteiger partial charge in [-0.1, -0.05) is 20.8 Å². The van der Waals surface area contributed by atoms with Crippen LogP contribution in [-0.4, -0.2) is 34.0 Å². The van der Waals surface area contributed by atoms with Gasteiger partial charge in [0.1, 0.15) is 0 Å². The summed E-state index contributed by atoms with van der Waals surface area (Å²) >= 11 is 0. The lowest BCUT2D eigenvalue weighted by molar-refractivity contribution is 0.160. The lowest BCUT2D eigenvalue weighted by atomic mass is 9.91. The summed E-state index contributed by atoms with van der Waals surface area (Å²) in [7, 11) is -1.97. The first-order valence-electron chi connectivity index (χ1n) is 8.16. The molecule has 2 fully saturated rings. The largest absolute Gasteiger partial charge is 0.394 e. The topological polar surface area (TPSA) is 31.0 Å². The van der Waals surface area contributed by atoms with Gasteiger partial charge < -0.3 is 13.6 Å². The van der Waals surface area contributed by atoms with Gasteiger partial charge in [-0.15, -0.1) is 0 Å². The van der Waals surface area contributed by atoms with E-state index in [1.54, 1.807) is 0 Å². The van der Waals surface area contributed by atoms with Crippen molar-refractivity contribution in [1.82, 2.24) is 0 Å². The van der Waals surface area contributed by atoms with Crippen LogP contribution < -0.4 is 0 Å². The average molecular weight is 286 g/mol. The first-order chi connectivity index (χ1) is 9.23. The van der Waals surface area contributed by atoms with E-state index in [1.807, 2.05) is 0 Å². The van der Waals surface area contributed by atoms with Crippen LogP contribution in [0.5, 0.6) is 0 Å². The van der Waals surface area contributed by atoms with Crippen LogP contribution in [0.3, 0.4) is 0 Å². The summed E-state index contributed by atoms with van der Waals surface area (Å²) in [6.45, 7) is 8.32. The Morgan fingerprint density at radius 3 is 2.21 bits per heavy atom. The average Bonchev–Trinajstić information content (AvgIpc) is 3.20. The molecule has 112 valence electrons. The second-order valence-electron chi connectivity index (χ2n) is 6.06. The SMILES string of the molecule is CCCO[Si](CC)(CC1CCC2OC2C1)OCCC. The highest BCUT2D eigenvalue weighted by Gasteiger charge is 2.47. The van der Waals surface area contributed by atoms with Crippen molar-refractivity contribution >= 4 is 8.56 Å². The van der Waals surface area contributed by atoms with E-state index in [1.165, 1.54) is 25.3 Å². The Hall–Kier alpha value is 0.0969. The Labute approximate surface area is 119 Å². The quantitative estimate of drug-likeness (QED) is 0.476. The minimum atomic E-state index is -1.97. The number of hydrogen-bond acceptors (Lipinski definition) is 3. The Bertz CT molecular complexity index is 264. The highest BCUT2D eigenvalue weighted by Crippen LogP contribution is 2.43. The number of rotatable bonds is 9. The zero-order valence-electron chi connectivity index (χ0n) is 12.8. The fourth-order valence-corrected chi connectivity index (χ4v) is 6.61. The molecular weight excluding hydrogens is 256 g/mol. The molecule has 0 radical (unpaired) electrons. The van der Waals surface area contributed by atoms with Crippen LogP contribution in [0.2, 0.25) is 12.1 Å². The summed E-state index contributed by atoms with van der Waals surface area (Å²) in [5.41, 5.74) is 0. The van der Waals surface area contributed by atoms with Crippen molar-refractivity contribution in [2.75, 3.05) is 13.2 Å². The summed E-state index contributed by atoms with van der Waals surface area (Å²) in [4.78, 5) is 0. The van der Waals surface area contributed by atoms with Gasteiger partial charge in [-0.3, -0.25) is 0 Å². The molecule has 0 aromatic rings. The Balaban J connectivity index is 1.89. The molecule has 0 bridgehead atoms. The Kier molecular flexibility index (Phi) is 5.87. The van der Waals surface area contributed by atoms with Crippen molar-refractivity contribution in [1.29, 1.82) is 0 Å². The van der Waals surface area contributed by atoms with Gasteiger partial charge in [0.05, 0.1) is 12.2 Å². The minimum Gasteiger partial charge on any atom is -0.394 e. The first kappa shape index (κ1) is 15.5. The van der Waals surface area contributed by atoms with E-state index in [4.69, 9.17) is 13.6 Å². The second-order valence-corrected chi connectivity index (χ2v) is 9.57. The van der Waals surface area contributed by atoms with Gasteiger partial charge in [-0.2, -0.15) is 0 Å². The fourth-order valence-electron chi connectivity index (χ4n) is 3.20. The minimum absolute atomic E-state index is 0.569. The van der Waals surface area contributed by atoms with Gasteiger partial charge >= 0.3 is 8.56 Å². The third-order valence-corrected chi connectivity index (χ3v) is 8.13. The lowest BCUT2D eigenvalue weighted by Gasteiger charge is -2.33. The number of fused-ring (bicyclic) bond motifs is 1. The molecule has 1 aliphatic carbocycles. The maximum Gasteiger partial charge on any atom is 0.338 e. The van der Waals surface area contributed by atoms with Crippen LogP contribution in [-0.2, 0) is 13.6 Å². The molecule has 3 atom stereocenters. The van der Waals surface area contributed by atoms with Crippen molar-refractivity contribution < 1.29 is 13.6 Å². The summed E-state index contributed by atoms with van der Waals surface area (Å²) in [6.07, 6.45) is 7.14. The van der Waals surface area contributed by atoms with E-state index >= 15 is 0 Å². The monoisotopic (exact) mass is 286 g/mol. The first-order valence-corrected chi connectivity index (χ1v) is 10.4. The van der Waals surface area contributed by atoms with Crippen molar-refractivity contribution in [2.45, 2.75) is 77.2 Å². The van der Waals surface area contributed by atoms with Gasteiger partial charge in [0.15, 0.2) is 0 Å². The predicted molar refractivity (Wildman–Crippen MR) is 79.5 cm³/mol. The maximum absolute atomic E-state index is 6.26. The molecule has 0 spiro atoms. The van der Waals surface area contributed by atoms with Crippen molar-refractivity contribution in [3.8, 4) is 0 Å². The molecule has 1 heterocycles. The third kappa shape index (κ3) is 4.28. The number of ether oxygens (including phenoxy) is 1. The molecule has 0 N–H and O–H groups in total. The van der Waals surface area contributed by atoms with Gasteiger partial charge in [0.25, 0.3) is 0 Å². The van der Waals surface area contributed by atoms with Gasteiger partial charge in [-0.05, 0) is 50.1 Å². The van der Waals surface area contributed by atoms with E-state index in [9.17, 15) is 0 Å². The smallest absolute Gasteiger partial charge is 0.338 e. The summed E-state index contributed by atoms with van der Waals surface area (Å²) in [6, 6.07) is 2.26. The molecule has 2 aliphatic rings. The van der Waals surface area contributed by atoms with Crippen molar-refractivity contribution in [2.24, 2.45) is 5.92 Å². The third-order valence-electron chi connectivity index (χ3n) is 4.39. The highest BCUT2D eigenvalue weighted by molar-refractivity contribution is 6.67. The molecule has 2 rings (SSSR count). The molecule has 1 saturated heterocycles. The van der Waals surface area contributed by atoms with Crippen LogP contribution in [0.4, 0.5) is 0 Å². The molecule has 4 heteroatoms. The molecular formula is C15H30O3Si. The molecule has 0 aromatic heterocycles. The lowest BCUT2D eigenvalue weighted by Crippen LogP contribution is -2.44. The van der Waals surface area contributed by atoms with Crippen LogP contribution in [0, 0.1) is 5.92 Å². The van der Waals surface area contributed by atoms with Gasteiger partial charge in [0, 0.05) is 13.2 Å². The zero-order valence-corrected chi connectivity index (χ0v) is 13.8. The summed E-state index contributed by atoms with van der Waals surface area (Å²) < 4.78 is 18.2. The standard InChI is InChI=1S/C15H30O3Si/c1-4-9-16-19(6-3,17-10-5-2)12-13-7-8-14-15(11-13)18-14/h13-15H,4-12H2,1-3H3. The number of epoxide rings is 1. The van der Waals surface area contributed by atoms with Crippen LogP contribution >= 0.6 is 0 Å². The molecule has 19 heavy (non-hydrogen) atoms. The summed E-state index contributed by atoms with van der Waals surface area (Å²) in [5, 5.41) is 0. The predicted octanol–water partition coefficient (Wildman–Crippen LogP) is 3.87. The molecule has 1 aliphatic heterocycles. The molecule has 1 saturated carbocycles. The highest BCUT2D eigenvalue weighted by atomic mass is 28.4. The van der Waals surface area contributed by atoms with Crippen LogP contribution in [0.25, 0.3) is 0 Å². The van der Waals surface area contributed by atoms with Gasteiger partial charge in [0.2, 0.25) is 0 Å². The van der Waals surface area contributed by atoms with Crippen molar-refractivity contribution in [3.63, 3.8) is 0 Å². The normalized spacial score (nSPS) is 30.2. The molecule has 3 unspecified atom stereocenters. The van der Waals surface area contributed by atoms with E-state index in [0.717, 1.165) is 38.0 Å². The van der Waals surface area contributed by atoms with Crippen LogP contribution in [0.1, 0.15) is 52.9 Å². The van der Waals surface area contributed by atoms with E-state index in [-0.39, 0.29) is 0 Å². The Morgan fingerprint density at radius 2 is 1.68 bits per heavy atom. The van der Waals surface area contributed by atoms with Crippen molar-refractivity contribution in [3.05, 3.63) is 0 Å². The van der Waals surface area contributed by atoms with E-state index < -0.39 is 8.56 Å². The molecule has 3 nitrogen and oxygen atoms in total. The van der Waals surface area contributed by atoms with E-state index in [2.05, 4.69) is 20.8 Å². The van der Waals surface area contributed by atoms with Crippen LogP contribution in [0.15, 0.2) is 0 Å². The molecule has 0 amide bonds. The van der Waals surface area contributed by atoms with E-state index in [0.29, 0.717) is 12.2 Å². The summed E-state index contributed by atoms with van der Waals surface area (Å²) in [5.74, 6) is 0.768. The van der Waals surface area contributed by atoms with Gasteiger partial charge in [-0.25, -0.2) is 0 Å². The second kappa shape index (κ2) is 7.20. The Morgan fingerprint density at radius 1 is 1.00 bits per heavy atom. The molecule has 0 aromatic carbocycles. The maximum atomic E-state index is 6.26.